The molecule has 2 heterocycles. The summed E-state index contributed by atoms with van der Waals surface area (Å²) in [5.41, 5.74) is 0.681. The lowest BCUT2D eigenvalue weighted by Gasteiger charge is -2.12. The van der Waals surface area contributed by atoms with Crippen molar-refractivity contribution in [2.75, 3.05) is 29.2 Å². The Morgan fingerprint density at radius 2 is 2.04 bits per heavy atom. The molecule has 0 bridgehead atoms. The van der Waals surface area contributed by atoms with E-state index in [-0.39, 0.29) is 29.1 Å². The number of carbonyl (C=O) groups excluding carboxylic acids is 1. The second-order valence-electron chi connectivity index (χ2n) is 5.84. The SMILES string of the molecule is COc1ccc(Cl)cc1NC(=O)c1cnc(NC2CCS(=O)(=O)C2)nc1. The molecule has 1 amide bonds. The zero-order valence-electron chi connectivity index (χ0n) is 13.9. The number of benzene rings is 1. The number of hydrogen-bond acceptors (Lipinski definition) is 7. The third-order valence-electron chi connectivity index (χ3n) is 3.89. The van der Waals surface area contributed by atoms with Gasteiger partial charge in [0.05, 0.1) is 29.9 Å². The highest BCUT2D eigenvalue weighted by atomic mass is 35.5. The van der Waals surface area contributed by atoms with Gasteiger partial charge in [-0.3, -0.25) is 4.79 Å². The van der Waals surface area contributed by atoms with Crippen molar-refractivity contribution in [3.63, 3.8) is 0 Å². The summed E-state index contributed by atoms with van der Waals surface area (Å²) in [5, 5.41) is 6.12. The van der Waals surface area contributed by atoms with Crippen LogP contribution in [0.3, 0.4) is 0 Å². The third kappa shape index (κ3) is 4.41. The summed E-state index contributed by atoms with van der Waals surface area (Å²) in [4.78, 5) is 20.5. The number of methoxy groups -OCH3 is 1. The maximum absolute atomic E-state index is 12.3. The lowest BCUT2D eigenvalue weighted by atomic mass is 10.2. The highest BCUT2D eigenvalue weighted by molar-refractivity contribution is 7.91. The van der Waals surface area contributed by atoms with Gasteiger partial charge in [-0.25, -0.2) is 18.4 Å². The predicted octanol–water partition coefficient (Wildman–Crippen LogP) is 1.99. The summed E-state index contributed by atoms with van der Waals surface area (Å²) < 4.78 is 28.1. The average molecular weight is 397 g/mol. The molecule has 0 saturated carbocycles. The van der Waals surface area contributed by atoms with Gasteiger partial charge in [0.2, 0.25) is 5.95 Å². The molecule has 8 nitrogen and oxygen atoms in total. The molecule has 26 heavy (non-hydrogen) atoms. The van der Waals surface area contributed by atoms with Crippen LogP contribution in [-0.4, -0.2) is 49.0 Å². The van der Waals surface area contributed by atoms with Gasteiger partial charge < -0.3 is 15.4 Å². The number of aromatic nitrogens is 2. The van der Waals surface area contributed by atoms with Gasteiger partial charge in [0, 0.05) is 23.5 Å². The zero-order valence-corrected chi connectivity index (χ0v) is 15.5. The van der Waals surface area contributed by atoms with Gasteiger partial charge in [-0.1, -0.05) is 11.6 Å². The fraction of sp³-hybridized carbons (Fsp3) is 0.312. The number of ether oxygens (including phenoxy) is 1. The van der Waals surface area contributed by atoms with Crippen molar-refractivity contribution in [2.45, 2.75) is 12.5 Å². The topological polar surface area (TPSA) is 110 Å². The lowest BCUT2D eigenvalue weighted by molar-refractivity contribution is 0.102. The number of halogens is 1. The van der Waals surface area contributed by atoms with E-state index in [4.69, 9.17) is 16.3 Å². The Morgan fingerprint density at radius 3 is 2.65 bits per heavy atom. The van der Waals surface area contributed by atoms with E-state index in [1.807, 2.05) is 0 Å². The fourth-order valence-corrected chi connectivity index (χ4v) is 4.43. The van der Waals surface area contributed by atoms with Crippen LogP contribution in [0.2, 0.25) is 5.02 Å². The van der Waals surface area contributed by atoms with E-state index in [2.05, 4.69) is 20.6 Å². The van der Waals surface area contributed by atoms with Gasteiger partial charge in [-0.15, -0.1) is 0 Å². The molecule has 1 saturated heterocycles. The van der Waals surface area contributed by atoms with Crippen molar-refractivity contribution in [2.24, 2.45) is 0 Å². The van der Waals surface area contributed by atoms with Crippen molar-refractivity contribution in [3.05, 3.63) is 41.2 Å². The van der Waals surface area contributed by atoms with Gasteiger partial charge >= 0.3 is 0 Å². The number of rotatable bonds is 5. The maximum Gasteiger partial charge on any atom is 0.258 e. The number of hydrogen-bond donors (Lipinski definition) is 2. The minimum absolute atomic E-state index is 0.0627. The summed E-state index contributed by atoms with van der Waals surface area (Å²) in [6.07, 6.45) is 3.25. The van der Waals surface area contributed by atoms with Gasteiger partial charge in [0.15, 0.2) is 9.84 Å². The first-order valence-electron chi connectivity index (χ1n) is 7.80. The molecule has 1 aliphatic rings. The molecule has 138 valence electrons. The molecule has 1 aromatic carbocycles. The molecule has 2 N–H and O–H groups in total. The average Bonchev–Trinajstić information content (AvgIpc) is 2.94. The molecule has 0 radical (unpaired) electrons. The van der Waals surface area contributed by atoms with Gasteiger partial charge in [-0.05, 0) is 24.6 Å². The van der Waals surface area contributed by atoms with Crippen LogP contribution >= 0.6 is 11.6 Å². The van der Waals surface area contributed by atoms with E-state index in [0.717, 1.165) is 0 Å². The smallest absolute Gasteiger partial charge is 0.258 e. The number of anilines is 2. The molecule has 3 rings (SSSR count). The van der Waals surface area contributed by atoms with Crippen molar-refractivity contribution < 1.29 is 17.9 Å². The van der Waals surface area contributed by atoms with E-state index < -0.39 is 15.7 Å². The molecule has 1 atom stereocenters. The summed E-state index contributed by atoms with van der Waals surface area (Å²) in [5.74, 6) is 0.564. The summed E-state index contributed by atoms with van der Waals surface area (Å²) in [6.45, 7) is 0. The van der Waals surface area contributed by atoms with E-state index in [1.54, 1.807) is 18.2 Å². The van der Waals surface area contributed by atoms with Crippen LogP contribution in [0.25, 0.3) is 0 Å². The molecular formula is C16H17ClN4O4S. The Labute approximate surface area is 155 Å². The zero-order chi connectivity index (χ0) is 18.7. The number of sulfone groups is 1. The summed E-state index contributed by atoms with van der Waals surface area (Å²) in [6, 6.07) is 4.67. The van der Waals surface area contributed by atoms with Crippen molar-refractivity contribution in [3.8, 4) is 5.75 Å². The van der Waals surface area contributed by atoms with Crippen molar-refractivity contribution in [1.29, 1.82) is 0 Å². The molecular weight excluding hydrogens is 380 g/mol. The summed E-state index contributed by atoms with van der Waals surface area (Å²) >= 11 is 5.94. The first-order chi connectivity index (χ1) is 12.4. The van der Waals surface area contributed by atoms with Crippen LogP contribution < -0.4 is 15.4 Å². The Bertz CT molecular complexity index is 918. The predicted molar refractivity (Wildman–Crippen MR) is 98.7 cm³/mol. The van der Waals surface area contributed by atoms with E-state index in [9.17, 15) is 13.2 Å². The fourth-order valence-electron chi connectivity index (χ4n) is 2.58. The lowest BCUT2D eigenvalue weighted by Crippen LogP contribution is -2.22. The third-order valence-corrected chi connectivity index (χ3v) is 5.89. The number of nitrogens with zero attached hydrogens (tertiary/aromatic N) is 2. The largest absolute Gasteiger partial charge is 0.495 e. The molecule has 0 spiro atoms. The number of amides is 1. The quantitative estimate of drug-likeness (QED) is 0.795. The van der Waals surface area contributed by atoms with Crippen LogP contribution in [0.15, 0.2) is 30.6 Å². The first-order valence-corrected chi connectivity index (χ1v) is 10.00. The summed E-state index contributed by atoms with van der Waals surface area (Å²) in [7, 11) is -1.49. The van der Waals surface area contributed by atoms with Crippen LogP contribution in [0.4, 0.5) is 11.6 Å². The van der Waals surface area contributed by atoms with Gasteiger partial charge in [-0.2, -0.15) is 0 Å². The minimum atomic E-state index is -2.99. The molecule has 1 fully saturated rings. The molecule has 0 aliphatic carbocycles. The molecule has 1 aromatic heterocycles. The highest BCUT2D eigenvalue weighted by Crippen LogP contribution is 2.28. The molecule has 1 unspecified atom stereocenters. The number of carbonyl (C=O) groups is 1. The van der Waals surface area contributed by atoms with Crippen LogP contribution in [0, 0.1) is 0 Å². The first kappa shape index (κ1) is 18.4. The minimum Gasteiger partial charge on any atom is -0.495 e. The van der Waals surface area contributed by atoms with Crippen LogP contribution in [0.1, 0.15) is 16.8 Å². The Hall–Kier alpha value is -2.39. The second kappa shape index (κ2) is 7.46. The number of nitrogens with one attached hydrogen (secondary N) is 2. The normalized spacial score (nSPS) is 18.3. The van der Waals surface area contributed by atoms with E-state index in [0.29, 0.717) is 22.9 Å². The van der Waals surface area contributed by atoms with Crippen molar-refractivity contribution in [1.82, 2.24) is 9.97 Å². The Balaban J connectivity index is 1.67. The van der Waals surface area contributed by atoms with Crippen molar-refractivity contribution >= 4 is 39.0 Å². The van der Waals surface area contributed by atoms with Gasteiger partial charge in [0.1, 0.15) is 5.75 Å². The second-order valence-corrected chi connectivity index (χ2v) is 8.50. The standard InChI is InChI=1S/C16H17ClN4O4S/c1-25-14-3-2-11(17)6-13(14)21-15(22)10-7-18-16(19-8-10)20-12-4-5-26(23,24)9-12/h2-3,6-8,12H,4-5,9H2,1H3,(H,21,22)(H,18,19,20). The monoisotopic (exact) mass is 396 g/mol. The Morgan fingerprint density at radius 1 is 1.31 bits per heavy atom. The molecule has 2 aromatic rings. The Kier molecular flexibility index (Phi) is 5.28. The van der Waals surface area contributed by atoms with Crippen LogP contribution in [0.5, 0.6) is 5.75 Å². The maximum atomic E-state index is 12.3. The molecule has 1 aliphatic heterocycles. The van der Waals surface area contributed by atoms with Gasteiger partial charge in [0.25, 0.3) is 5.91 Å². The highest BCUT2D eigenvalue weighted by Gasteiger charge is 2.28. The van der Waals surface area contributed by atoms with E-state index >= 15 is 0 Å². The van der Waals surface area contributed by atoms with E-state index in [1.165, 1.54) is 19.5 Å². The van der Waals surface area contributed by atoms with Crippen LogP contribution in [-0.2, 0) is 9.84 Å². The molecule has 10 heteroatoms.